The molecule has 15 heavy (non-hydrogen) atoms. The highest BCUT2D eigenvalue weighted by Crippen LogP contribution is 2.25. The number of methoxy groups -OCH3 is 1. The molecule has 2 unspecified atom stereocenters. The third-order valence-corrected chi connectivity index (χ3v) is 4.32. The number of sulfonamides is 1. The fourth-order valence-electron chi connectivity index (χ4n) is 2.02. The Morgan fingerprint density at radius 3 is 2.67 bits per heavy atom. The van der Waals surface area contributed by atoms with Gasteiger partial charge in [-0.15, -0.1) is 0 Å². The molecule has 0 spiro atoms. The second kappa shape index (κ2) is 5.82. The van der Waals surface area contributed by atoms with Crippen molar-refractivity contribution in [1.29, 1.82) is 0 Å². The van der Waals surface area contributed by atoms with E-state index in [-0.39, 0.29) is 11.8 Å². The maximum atomic E-state index is 11.6. The smallest absolute Gasteiger partial charge is 0.211 e. The van der Waals surface area contributed by atoms with Gasteiger partial charge in [0.15, 0.2) is 0 Å². The van der Waals surface area contributed by atoms with Gasteiger partial charge in [-0.2, -0.15) is 0 Å². The minimum Gasteiger partial charge on any atom is -0.385 e. The second-order valence-corrected chi connectivity index (χ2v) is 6.27. The predicted octanol–water partition coefficient (Wildman–Crippen LogP) is 1.13. The van der Waals surface area contributed by atoms with Gasteiger partial charge in [0.25, 0.3) is 0 Å². The Morgan fingerprint density at radius 1 is 1.40 bits per heavy atom. The zero-order valence-electron chi connectivity index (χ0n) is 9.53. The average molecular weight is 235 g/mol. The summed E-state index contributed by atoms with van der Waals surface area (Å²) in [7, 11) is -1.51. The van der Waals surface area contributed by atoms with Crippen molar-refractivity contribution in [1.82, 2.24) is 4.72 Å². The SMILES string of the molecule is COCCCS(=O)(=O)NC1CCC(C)C1. The molecule has 0 heterocycles. The quantitative estimate of drug-likeness (QED) is 0.702. The normalized spacial score (nSPS) is 27.1. The standard InChI is InChI=1S/C10H21NO3S/c1-9-4-5-10(8-9)11-15(12,13)7-3-6-14-2/h9-11H,3-8H2,1-2H3. The molecule has 0 radical (unpaired) electrons. The van der Waals surface area contributed by atoms with E-state index >= 15 is 0 Å². The predicted molar refractivity (Wildman–Crippen MR) is 60.2 cm³/mol. The van der Waals surface area contributed by atoms with Crippen molar-refractivity contribution in [2.24, 2.45) is 5.92 Å². The minimum absolute atomic E-state index is 0.160. The number of ether oxygens (including phenoxy) is 1. The van der Waals surface area contributed by atoms with E-state index in [0.29, 0.717) is 18.9 Å². The molecule has 0 saturated heterocycles. The Balaban J connectivity index is 2.29. The molecule has 90 valence electrons. The van der Waals surface area contributed by atoms with Crippen LogP contribution in [0, 0.1) is 5.92 Å². The van der Waals surface area contributed by atoms with Gasteiger partial charge in [0, 0.05) is 19.8 Å². The lowest BCUT2D eigenvalue weighted by Crippen LogP contribution is -2.34. The van der Waals surface area contributed by atoms with Gasteiger partial charge in [-0.05, 0) is 31.6 Å². The van der Waals surface area contributed by atoms with Crippen molar-refractivity contribution >= 4 is 10.0 Å². The summed E-state index contributed by atoms with van der Waals surface area (Å²) in [5.41, 5.74) is 0. The van der Waals surface area contributed by atoms with E-state index in [4.69, 9.17) is 4.74 Å². The number of hydrogen-bond donors (Lipinski definition) is 1. The van der Waals surface area contributed by atoms with Gasteiger partial charge >= 0.3 is 0 Å². The number of rotatable bonds is 6. The van der Waals surface area contributed by atoms with Gasteiger partial charge in [0.2, 0.25) is 10.0 Å². The van der Waals surface area contributed by atoms with E-state index in [1.807, 2.05) is 0 Å². The zero-order chi connectivity index (χ0) is 11.3. The molecule has 1 rings (SSSR count). The van der Waals surface area contributed by atoms with Crippen LogP contribution < -0.4 is 4.72 Å². The summed E-state index contributed by atoms with van der Waals surface area (Å²) in [6, 6.07) is 0.160. The molecule has 0 aliphatic heterocycles. The Kier molecular flexibility index (Phi) is 5.02. The Bertz CT molecular complexity index is 276. The first-order valence-electron chi connectivity index (χ1n) is 5.52. The lowest BCUT2D eigenvalue weighted by atomic mass is 10.1. The van der Waals surface area contributed by atoms with Crippen LogP contribution in [0.1, 0.15) is 32.6 Å². The molecule has 1 N–H and O–H groups in total. The zero-order valence-corrected chi connectivity index (χ0v) is 10.3. The van der Waals surface area contributed by atoms with Crippen molar-refractivity contribution in [2.75, 3.05) is 19.5 Å². The molecule has 1 aliphatic rings. The third kappa shape index (κ3) is 4.95. The summed E-state index contributed by atoms with van der Waals surface area (Å²) in [4.78, 5) is 0. The van der Waals surface area contributed by atoms with Crippen LogP contribution in [0.15, 0.2) is 0 Å². The van der Waals surface area contributed by atoms with E-state index in [1.165, 1.54) is 0 Å². The molecule has 0 bridgehead atoms. The molecule has 4 nitrogen and oxygen atoms in total. The van der Waals surface area contributed by atoms with Gasteiger partial charge in [0.1, 0.15) is 0 Å². The molecule has 0 aromatic heterocycles. The van der Waals surface area contributed by atoms with E-state index in [1.54, 1.807) is 7.11 Å². The molecular weight excluding hydrogens is 214 g/mol. The van der Waals surface area contributed by atoms with Crippen LogP contribution in [0.5, 0.6) is 0 Å². The van der Waals surface area contributed by atoms with Gasteiger partial charge in [-0.1, -0.05) is 6.92 Å². The van der Waals surface area contributed by atoms with Crippen LogP contribution >= 0.6 is 0 Å². The Morgan fingerprint density at radius 2 is 2.13 bits per heavy atom. The van der Waals surface area contributed by atoms with Gasteiger partial charge in [0.05, 0.1) is 5.75 Å². The maximum absolute atomic E-state index is 11.6. The summed E-state index contributed by atoms with van der Waals surface area (Å²) < 4.78 is 30.8. The van der Waals surface area contributed by atoms with Gasteiger partial charge < -0.3 is 4.74 Å². The van der Waals surface area contributed by atoms with Crippen LogP contribution in [0.3, 0.4) is 0 Å². The monoisotopic (exact) mass is 235 g/mol. The van der Waals surface area contributed by atoms with Crippen LogP contribution in [0.25, 0.3) is 0 Å². The van der Waals surface area contributed by atoms with E-state index in [2.05, 4.69) is 11.6 Å². The van der Waals surface area contributed by atoms with E-state index in [0.717, 1.165) is 19.3 Å². The maximum Gasteiger partial charge on any atom is 0.211 e. The van der Waals surface area contributed by atoms with Gasteiger partial charge in [-0.25, -0.2) is 13.1 Å². The van der Waals surface area contributed by atoms with Crippen molar-refractivity contribution in [3.8, 4) is 0 Å². The lowest BCUT2D eigenvalue weighted by molar-refractivity contribution is 0.199. The molecule has 2 atom stereocenters. The topological polar surface area (TPSA) is 55.4 Å². The summed E-state index contributed by atoms with van der Waals surface area (Å²) >= 11 is 0. The molecule has 0 amide bonds. The van der Waals surface area contributed by atoms with Gasteiger partial charge in [-0.3, -0.25) is 0 Å². The second-order valence-electron chi connectivity index (χ2n) is 4.40. The molecule has 1 fully saturated rings. The Labute approximate surface area is 92.4 Å². The number of hydrogen-bond acceptors (Lipinski definition) is 3. The van der Waals surface area contributed by atoms with Crippen molar-refractivity contribution in [2.45, 2.75) is 38.6 Å². The highest BCUT2D eigenvalue weighted by molar-refractivity contribution is 7.89. The minimum atomic E-state index is -3.09. The first-order valence-corrected chi connectivity index (χ1v) is 7.17. The van der Waals surface area contributed by atoms with Crippen molar-refractivity contribution in [3.63, 3.8) is 0 Å². The fourth-order valence-corrected chi connectivity index (χ4v) is 3.36. The summed E-state index contributed by atoms with van der Waals surface area (Å²) in [6.07, 6.45) is 3.65. The van der Waals surface area contributed by atoms with Crippen LogP contribution in [-0.4, -0.2) is 33.9 Å². The molecule has 0 aromatic carbocycles. The van der Waals surface area contributed by atoms with Crippen LogP contribution in [0.2, 0.25) is 0 Å². The first-order chi connectivity index (χ1) is 7.03. The summed E-state index contributed by atoms with van der Waals surface area (Å²) in [6.45, 7) is 2.67. The first kappa shape index (κ1) is 12.9. The molecule has 0 aromatic rings. The summed E-state index contributed by atoms with van der Waals surface area (Å²) in [5.74, 6) is 0.822. The highest BCUT2D eigenvalue weighted by Gasteiger charge is 2.25. The molecule has 1 aliphatic carbocycles. The highest BCUT2D eigenvalue weighted by atomic mass is 32.2. The Hall–Kier alpha value is -0.130. The van der Waals surface area contributed by atoms with E-state index < -0.39 is 10.0 Å². The van der Waals surface area contributed by atoms with Crippen LogP contribution in [0.4, 0.5) is 0 Å². The number of nitrogens with one attached hydrogen (secondary N) is 1. The molecule has 5 heteroatoms. The lowest BCUT2D eigenvalue weighted by Gasteiger charge is -2.12. The van der Waals surface area contributed by atoms with Crippen LogP contribution in [-0.2, 0) is 14.8 Å². The fraction of sp³-hybridized carbons (Fsp3) is 1.00. The third-order valence-electron chi connectivity index (χ3n) is 2.80. The summed E-state index contributed by atoms with van der Waals surface area (Å²) in [5, 5.41) is 0. The van der Waals surface area contributed by atoms with Crippen molar-refractivity contribution in [3.05, 3.63) is 0 Å². The molecule has 1 saturated carbocycles. The largest absolute Gasteiger partial charge is 0.385 e. The molecular formula is C10H21NO3S. The van der Waals surface area contributed by atoms with Crippen molar-refractivity contribution < 1.29 is 13.2 Å². The van der Waals surface area contributed by atoms with E-state index in [9.17, 15) is 8.42 Å². The average Bonchev–Trinajstić information content (AvgIpc) is 2.50.